The van der Waals surface area contributed by atoms with E-state index in [1.54, 1.807) is 19.1 Å². The van der Waals surface area contributed by atoms with Gasteiger partial charge in [-0.3, -0.25) is 9.78 Å². The van der Waals surface area contributed by atoms with E-state index in [9.17, 15) is 31.9 Å². The molecule has 2 heterocycles. The zero-order chi connectivity index (χ0) is 27.1. The fourth-order valence-electron chi connectivity index (χ4n) is 4.04. The van der Waals surface area contributed by atoms with Gasteiger partial charge in [0.05, 0.1) is 17.8 Å². The number of carbonyl (C=O) groups excluding carboxylic acids is 1. The number of rotatable bonds is 7. The lowest BCUT2D eigenvalue weighted by Gasteiger charge is -2.21. The van der Waals surface area contributed by atoms with Crippen molar-refractivity contribution in [1.82, 2.24) is 4.98 Å². The van der Waals surface area contributed by atoms with Crippen molar-refractivity contribution in [2.75, 3.05) is 11.5 Å². The second kappa shape index (κ2) is 9.62. The van der Waals surface area contributed by atoms with Crippen LogP contribution in [0.2, 0.25) is 0 Å². The molecule has 0 aliphatic carbocycles. The van der Waals surface area contributed by atoms with Crippen molar-refractivity contribution < 1.29 is 41.3 Å². The fraction of sp³-hybridized carbons (Fsp3) is 0.308. The number of pyridine rings is 1. The maximum atomic E-state index is 13.3. The van der Waals surface area contributed by atoms with Gasteiger partial charge in [0.15, 0.2) is 6.61 Å². The number of hydrogen-bond acceptors (Lipinski definition) is 5. The van der Waals surface area contributed by atoms with E-state index in [1.165, 1.54) is 55.1 Å². The van der Waals surface area contributed by atoms with E-state index in [2.05, 4.69) is 9.72 Å². The van der Waals surface area contributed by atoms with Crippen LogP contribution < -0.4 is 14.4 Å². The van der Waals surface area contributed by atoms with E-state index >= 15 is 0 Å². The number of anilines is 1. The predicted octanol–water partition coefficient (Wildman–Crippen LogP) is 5.99. The lowest BCUT2D eigenvalue weighted by molar-refractivity contribution is -0.153. The van der Waals surface area contributed by atoms with Crippen molar-refractivity contribution in [3.63, 3.8) is 0 Å². The van der Waals surface area contributed by atoms with Gasteiger partial charge in [0.25, 0.3) is 5.91 Å². The molecule has 3 aromatic rings. The molecule has 1 amide bonds. The minimum absolute atomic E-state index is 0.0395. The monoisotopic (exact) mass is 522 g/mol. The number of aryl methyl sites for hydroxylation is 1. The standard InChI is InChI=1S/C26H23F5N2O4/c1-14-10-19-20(12-33(23(19)34)16-5-7-17(8-6-16)37-24(27)28)22(32-14)18-9-4-15(25(2,3)35)11-21(18)36-13-26(29,30)31/h4-11,24,35H,12-13H2,1-3H3. The molecule has 196 valence electrons. The van der Waals surface area contributed by atoms with Gasteiger partial charge in [-0.15, -0.1) is 0 Å². The Kier molecular flexibility index (Phi) is 6.85. The number of fused-ring (bicyclic) bond motifs is 1. The Morgan fingerprint density at radius 1 is 1.05 bits per heavy atom. The Labute approximate surface area is 209 Å². The molecule has 1 N–H and O–H groups in total. The van der Waals surface area contributed by atoms with Crippen LogP contribution in [0.1, 0.15) is 41.0 Å². The number of nitrogens with zero attached hydrogens (tertiary/aromatic N) is 2. The van der Waals surface area contributed by atoms with Crippen molar-refractivity contribution in [2.24, 2.45) is 0 Å². The number of aromatic nitrogens is 1. The van der Waals surface area contributed by atoms with Crippen molar-refractivity contribution in [2.45, 2.75) is 45.7 Å². The average molecular weight is 522 g/mol. The van der Waals surface area contributed by atoms with Crippen molar-refractivity contribution >= 4 is 11.6 Å². The molecule has 1 aromatic heterocycles. The molecule has 2 aromatic carbocycles. The molecular weight excluding hydrogens is 499 g/mol. The Balaban J connectivity index is 1.76. The highest BCUT2D eigenvalue weighted by molar-refractivity contribution is 6.11. The fourth-order valence-corrected chi connectivity index (χ4v) is 4.04. The average Bonchev–Trinajstić information content (AvgIpc) is 3.12. The maximum Gasteiger partial charge on any atom is 0.422 e. The van der Waals surface area contributed by atoms with E-state index < -0.39 is 25.0 Å². The highest BCUT2D eigenvalue weighted by Gasteiger charge is 2.34. The van der Waals surface area contributed by atoms with Crippen molar-refractivity contribution in [3.8, 4) is 22.8 Å². The Morgan fingerprint density at radius 3 is 2.32 bits per heavy atom. The van der Waals surface area contributed by atoms with Gasteiger partial charge < -0.3 is 19.5 Å². The minimum Gasteiger partial charge on any atom is -0.483 e. The number of benzene rings is 2. The van der Waals surface area contributed by atoms with E-state index in [1.807, 2.05) is 0 Å². The smallest absolute Gasteiger partial charge is 0.422 e. The van der Waals surface area contributed by atoms with Crippen molar-refractivity contribution in [1.29, 1.82) is 0 Å². The summed E-state index contributed by atoms with van der Waals surface area (Å²) in [6.45, 7) is 0.131. The van der Waals surface area contributed by atoms with Crippen LogP contribution in [-0.4, -0.2) is 35.4 Å². The molecule has 6 nitrogen and oxygen atoms in total. The van der Waals surface area contributed by atoms with Gasteiger partial charge in [-0.1, -0.05) is 6.07 Å². The first-order valence-electron chi connectivity index (χ1n) is 11.2. The second-order valence-corrected chi connectivity index (χ2v) is 9.08. The van der Waals surface area contributed by atoms with Crippen LogP contribution in [0.25, 0.3) is 11.3 Å². The topological polar surface area (TPSA) is 71.9 Å². The third kappa shape index (κ3) is 5.82. The van der Waals surface area contributed by atoms with Crippen LogP contribution in [0, 0.1) is 6.92 Å². The predicted molar refractivity (Wildman–Crippen MR) is 125 cm³/mol. The number of hydrogen-bond donors (Lipinski definition) is 1. The number of alkyl halides is 5. The van der Waals surface area contributed by atoms with Crippen molar-refractivity contribution in [3.05, 3.63) is 70.9 Å². The summed E-state index contributed by atoms with van der Waals surface area (Å²) in [6, 6.07) is 11.5. The minimum atomic E-state index is -4.60. The number of halogens is 5. The van der Waals surface area contributed by atoms with Crippen LogP contribution in [-0.2, 0) is 12.1 Å². The molecule has 0 bridgehead atoms. The van der Waals surface area contributed by atoms with Gasteiger partial charge in [0, 0.05) is 28.1 Å². The van der Waals surface area contributed by atoms with Gasteiger partial charge >= 0.3 is 12.8 Å². The number of ether oxygens (including phenoxy) is 2. The van der Waals surface area contributed by atoms with Gasteiger partial charge in [-0.05, 0) is 68.8 Å². The normalized spacial score (nSPS) is 13.8. The van der Waals surface area contributed by atoms with Crippen LogP contribution in [0.4, 0.5) is 27.6 Å². The van der Waals surface area contributed by atoms with Crippen LogP contribution in [0.15, 0.2) is 48.5 Å². The Morgan fingerprint density at radius 2 is 1.73 bits per heavy atom. The molecule has 11 heteroatoms. The Hall–Kier alpha value is -3.73. The van der Waals surface area contributed by atoms with Gasteiger partial charge in [-0.25, -0.2) is 0 Å². The van der Waals surface area contributed by atoms with Crippen LogP contribution >= 0.6 is 0 Å². The second-order valence-electron chi connectivity index (χ2n) is 9.08. The lowest BCUT2D eigenvalue weighted by Crippen LogP contribution is -2.22. The zero-order valence-electron chi connectivity index (χ0n) is 20.1. The quantitative estimate of drug-likeness (QED) is 0.386. The van der Waals surface area contributed by atoms with E-state index in [0.717, 1.165) is 0 Å². The first-order chi connectivity index (χ1) is 17.2. The summed E-state index contributed by atoms with van der Waals surface area (Å²) < 4.78 is 73.4. The highest BCUT2D eigenvalue weighted by atomic mass is 19.4. The summed E-state index contributed by atoms with van der Waals surface area (Å²) in [5.74, 6) is -0.591. The molecule has 0 unspecified atom stereocenters. The molecule has 0 radical (unpaired) electrons. The zero-order valence-corrected chi connectivity index (χ0v) is 20.1. The Bertz CT molecular complexity index is 1320. The van der Waals surface area contributed by atoms with Gasteiger partial charge in [-0.2, -0.15) is 22.0 Å². The summed E-state index contributed by atoms with van der Waals surface area (Å²) in [4.78, 5) is 19.2. The summed E-state index contributed by atoms with van der Waals surface area (Å²) >= 11 is 0. The van der Waals surface area contributed by atoms with Gasteiger partial charge in [0.1, 0.15) is 11.5 Å². The molecule has 1 aliphatic rings. The maximum absolute atomic E-state index is 13.3. The van der Waals surface area contributed by atoms with Crippen LogP contribution in [0.3, 0.4) is 0 Å². The first-order valence-corrected chi connectivity index (χ1v) is 11.2. The largest absolute Gasteiger partial charge is 0.483 e. The third-order valence-corrected chi connectivity index (χ3v) is 5.75. The molecule has 4 rings (SSSR count). The van der Waals surface area contributed by atoms with E-state index in [4.69, 9.17) is 4.74 Å². The lowest BCUT2D eigenvalue weighted by atomic mass is 9.94. The summed E-state index contributed by atoms with van der Waals surface area (Å²) in [6.07, 6.45) is -4.60. The molecule has 37 heavy (non-hydrogen) atoms. The highest BCUT2D eigenvalue weighted by Crippen LogP contribution is 2.40. The number of carbonyl (C=O) groups is 1. The SMILES string of the molecule is Cc1cc2c(c(-c3ccc(C(C)(C)O)cc3OCC(F)(F)F)n1)CN(c1ccc(OC(F)F)cc1)C2=O. The molecule has 0 atom stereocenters. The molecular formula is C26H23F5N2O4. The summed E-state index contributed by atoms with van der Waals surface area (Å²) in [5, 5.41) is 10.4. The number of aliphatic hydroxyl groups is 1. The third-order valence-electron chi connectivity index (χ3n) is 5.75. The molecule has 0 saturated carbocycles. The van der Waals surface area contributed by atoms with E-state index in [0.29, 0.717) is 28.1 Å². The molecule has 0 spiro atoms. The molecule has 1 aliphatic heterocycles. The molecule has 0 saturated heterocycles. The van der Waals surface area contributed by atoms with E-state index in [-0.39, 0.29) is 35.2 Å². The summed E-state index contributed by atoms with van der Waals surface area (Å²) in [5.41, 5.74) is 1.14. The van der Waals surface area contributed by atoms with Gasteiger partial charge in [0.2, 0.25) is 0 Å². The number of amides is 1. The first kappa shape index (κ1) is 26.3. The molecule has 0 fully saturated rings. The summed E-state index contributed by atoms with van der Waals surface area (Å²) in [7, 11) is 0. The van der Waals surface area contributed by atoms with Crippen LogP contribution in [0.5, 0.6) is 11.5 Å².